The number of Topliss-reactive ketones (excluding diaryl/α,β-unsaturated/α-hetero) is 1. The molecule has 4 rings (SSSR count). The maximum atomic E-state index is 13.2. The molecule has 0 radical (unpaired) electrons. The van der Waals surface area contributed by atoms with E-state index in [9.17, 15) is 10.1 Å². The number of thiophene rings is 1. The lowest BCUT2D eigenvalue weighted by Gasteiger charge is -2.37. The van der Waals surface area contributed by atoms with Gasteiger partial charge in [0.25, 0.3) is 0 Å². The van der Waals surface area contributed by atoms with Gasteiger partial charge in [0.1, 0.15) is 5.82 Å². The summed E-state index contributed by atoms with van der Waals surface area (Å²) in [5.41, 5.74) is 8.55. The molecule has 1 unspecified atom stereocenters. The van der Waals surface area contributed by atoms with Gasteiger partial charge in [-0.15, -0.1) is 39.9 Å². The average molecular weight is 488 g/mol. The standard InChI is InChI=1S/C21H21N5OS4/c1-3-9-30-21-25-24-20(31-21)26-13-6-5-7-14(27)17(13)16(12(11-22)19(26)23)18-15(28-4-2)8-10-29-18/h3,8,10,16H,1,4-7,9,23H2,2H3. The van der Waals surface area contributed by atoms with Gasteiger partial charge in [0, 0.05) is 33.2 Å². The predicted octanol–water partition coefficient (Wildman–Crippen LogP) is 5.29. The van der Waals surface area contributed by atoms with E-state index in [1.807, 2.05) is 11.5 Å². The number of anilines is 1. The number of carbonyl (C=O) groups excluding carboxylic acids is 1. The van der Waals surface area contributed by atoms with Gasteiger partial charge in [-0.3, -0.25) is 9.69 Å². The van der Waals surface area contributed by atoms with E-state index in [2.05, 4.69) is 35.8 Å². The van der Waals surface area contributed by atoms with Crippen LogP contribution in [0.15, 0.2) is 56.0 Å². The lowest BCUT2D eigenvalue weighted by Crippen LogP contribution is -2.38. The number of hydrogen-bond donors (Lipinski definition) is 1. The Labute approximate surface area is 197 Å². The molecule has 6 nitrogen and oxygen atoms in total. The highest BCUT2D eigenvalue weighted by molar-refractivity contribution is 8.01. The van der Waals surface area contributed by atoms with Crippen LogP contribution in [0.2, 0.25) is 0 Å². The average Bonchev–Trinajstić information content (AvgIpc) is 3.41. The molecule has 3 heterocycles. The number of aromatic nitrogens is 2. The van der Waals surface area contributed by atoms with E-state index in [1.165, 1.54) is 11.3 Å². The molecule has 2 aliphatic rings. The van der Waals surface area contributed by atoms with Gasteiger partial charge >= 0.3 is 0 Å². The van der Waals surface area contributed by atoms with Crippen molar-refractivity contribution in [1.82, 2.24) is 10.2 Å². The number of nitriles is 1. The zero-order chi connectivity index (χ0) is 22.0. The molecule has 2 aromatic rings. The van der Waals surface area contributed by atoms with Crippen LogP contribution in [0.1, 0.15) is 37.0 Å². The first-order chi connectivity index (χ1) is 15.1. The molecule has 1 aliphatic carbocycles. The lowest BCUT2D eigenvalue weighted by atomic mass is 9.78. The maximum Gasteiger partial charge on any atom is 0.219 e. The second-order valence-electron chi connectivity index (χ2n) is 6.85. The normalized spacial score (nSPS) is 18.9. The Bertz CT molecular complexity index is 1120. The summed E-state index contributed by atoms with van der Waals surface area (Å²) >= 11 is 6.26. The molecule has 2 N–H and O–H groups in total. The third-order valence-corrected chi connectivity index (χ3v) is 9.15. The van der Waals surface area contributed by atoms with Crippen molar-refractivity contribution in [3.8, 4) is 6.07 Å². The predicted molar refractivity (Wildman–Crippen MR) is 129 cm³/mol. The molecule has 0 fully saturated rings. The van der Waals surface area contributed by atoms with E-state index in [-0.39, 0.29) is 5.78 Å². The molecular formula is C21H21N5OS4. The fourth-order valence-corrected chi connectivity index (χ4v) is 7.53. The van der Waals surface area contributed by atoms with Crippen LogP contribution in [0.4, 0.5) is 5.13 Å². The molecule has 160 valence electrons. The molecule has 0 amide bonds. The third-order valence-electron chi connectivity index (χ3n) is 5.04. The van der Waals surface area contributed by atoms with Crippen LogP contribution in [0.3, 0.4) is 0 Å². The Hall–Kier alpha value is -2.06. The summed E-state index contributed by atoms with van der Waals surface area (Å²) < 4.78 is 0.799. The Kier molecular flexibility index (Phi) is 6.86. The van der Waals surface area contributed by atoms with Crippen LogP contribution in [0.5, 0.6) is 0 Å². The van der Waals surface area contributed by atoms with Crippen molar-refractivity contribution in [3.05, 3.63) is 51.6 Å². The summed E-state index contributed by atoms with van der Waals surface area (Å²) in [5, 5.41) is 21.3. The Morgan fingerprint density at radius 2 is 2.26 bits per heavy atom. The minimum atomic E-state index is -0.416. The second kappa shape index (κ2) is 9.61. The highest BCUT2D eigenvalue weighted by Crippen LogP contribution is 2.50. The molecule has 2 aromatic heterocycles. The molecule has 1 aliphatic heterocycles. The first kappa shape index (κ1) is 22.1. The minimum Gasteiger partial charge on any atom is -0.384 e. The zero-order valence-corrected chi connectivity index (χ0v) is 20.2. The summed E-state index contributed by atoms with van der Waals surface area (Å²) in [4.78, 5) is 17.1. The number of nitrogens with two attached hydrogens (primary N) is 1. The van der Waals surface area contributed by atoms with Crippen molar-refractivity contribution >= 4 is 57.1 Å². The van der Waals surface area contributed by atoms with Crippen molar-refractivity contribution in [2.45, 2.75) is 41.3 Å². The fourth-order valence-electron chi connectivity index (χ4n) is 3.84. The SMILES string of the molecule is C=CCSc1nnc(N2C(N)=C(C#N)C(c3sccc3SCC)C3=C2CCCC3=O)s1. The van der Waals surface area contributed by atoms with E-state index < -0.39 is 5.92 Å². The van der Waals surface area contributed by atoms with Gasteiger partial charge in [-0.1, -0.05) is 36.1 Å². The fraction of sp³-hybridized carbons (Fsp3) is 0.333. The van der Waals surface area contributed by atoms with E-state index in [1.54, 1.807) is 39.8 Å². The number of hydrogen-bond acceptors (Lipinski definition) is 10. The Balaban J connectivity index is 1.87. The lowest BCUT2D eigenvalue weighted by molar-refractivity contribution is -0.116. The van der Waals surface area contributed by atoms with E-state index in [0.29, 0.717) is 34.9 Å². The largest absolute Gasteiger partial charge is 0.384 e. The van der Waals surface area contributed by atoms with Gasteiger partial charge in [-0.05, 0) is 30.0 Å². The third kappa shape index (κ3) is 4.07. The van der Waals surface area contributed by atoms with Crippen molar-refractivity contribution in [2.75, 3.05) is 16.4 Å². The van der Waals surface area contributed by atoms with Crippen LogP contribution >= 0.6 is 46.2 Å². The first-order valence-corrected chi connectivity index (χ1v) is 13.5. The number of nitrogens with zero attached hydrogens (tertiary/aromatic N) is 4. The number of rotatable bonds is 7. The molecule has 0 aromatic carbocycles. The highest BCUT2D eigenvalue weighted by atomic mass is 32.2. The van der Waals surface area contributed by atoms with Crippen molar-refractivity contribution in [1.29, 1.82) is 5.26 Å². The van der Waals surface area contributed by atoms with E-state index in [0.717, 1.165) is 37.7 Å². The summed E-state index contributed by atoms with van der Waals surface area (Å²) in [6.45, 7) is 5.83. The molecule has 0 saturated heterocycles. The van der Waals surface area contributed by atoms with Crippen molar-refractivity contribution in [2.24, 2.45) is 5.73 Å². The highest BCUT2D eigenvalue weighted by Gasteiger charge is 2.42. The van der Waals surface area contributed by atoms with E-state index in [4.69, 9.17) is 5.73 Å². The topological polar surface area (TPSA) is 95.9 Å². The summed E-state index contributed by atoms with van der Waals surface area (Å²) in [7, 11) is 0. The molecule has 1 atom stereocenters. The zero-order valence-electron chi connectivity index (χ0n) is 17.0. The molecule has 0 saturated carbocycles. The van der Waals surface area contributed by atoms with Gasteiger partial charge < -0.3 is 5.73 Å². The number of thioether (sulfide) groups is 2. The molecule has 31 heavy (non-hydrogen) atoms. The van der Waals surface area contributed by atoms with Crippen LogP contribution in [0, 0.1) is 11.3 Å². The van der Waals surface area contributed by atoms with Gasteiger partial charge in [-0.25, -0.2) is 0 Å². The van der Waals surface area contributed by atoms with Gasteiger partial charge in [-0.2, -0.15) is 5.26 Å². The summed E-state index contributed by atoms with van der Waals surface area (Å²) in [5.74, 6) is 1.66. The Morgan fingerprint density at radius 3 is 3.00 bits per heavy atom. The molecular weight excluding hydrogens is 467 g/mol. The van der Waals surface area contributed by atoms with Crippen LogP contribution < -0.4 is 10.6 Å². The maximum absolute atomic E-state index is 13.2. The smallest absolute Gasteiger partial charge is 0.219 e. The monoisotopic (exact) mass is 487 g/mol. The second-order valence-corrected chi connectivity index (χ2v) is 11.3. The van der Waals surface area contributed by atoms with Gasteiger partial charge in [0.05, 0.1) is 17.6 Å². The van der Waals surface area contributed by atoms with Crippen molar-refractivity contribution < 1.29 is 4.79 Å². The molecule has 0 spiro atoms. The summed E-state index contributed by atoms with van der Waals surface area (Å²) in [6.07, 6.45) is 3.77. The van der Waals surface area contributed by atoms with Crippen LogP contribution in [0.25, 0.3) is 0 Å². The minimum absolute atomic E-state index is 0.0862. The quantitative estimate of drug-likeness (QED) is 0.415. The number of carbonyl (C=O) groups is 1. The van der Waals surface area contributed by atoms with Crippen LogP contribution in [-0.4, -0.2) is 27.5 Å². The van der Waals surface area contributed by atoms with E-state index >= 15 is 0 Å². The van der Waals surface area contributed by atoms with Crippen LogP contribution in [-0.2, 0) is 4.79 Å². The first-order valence-electron chi connectivity index (χ1n) is 9.84. The number of ketones is 1. The van der Waals surface area contributed by atoms with Gasteiger partial charge in [0.15, 0.2) is 10.1 Å². The van der Waals surface area contributed by atoms with Crippen molar-refractivity contribution in [3.63, 3.8) is 0 Å². The molecule has 0 bridgehead atoms. The number of allylic oxidation sites excluding steroid dienone is 3. The molecule has 10 heteroatoms. The van der Waals surface area contributed by atoms with Gasteiger partial charge in [0.2, 0.25) is 5.13 Å². The Morgan fingerprint density at radius 1 is 1.42 bits per heavy atom. The summed E-state index contributed by atoms with van der Waals surface area (Å²) in [6, 6.07) is 4.38.